The van der Waals surface area contributed by atoms with Gasteiger partial charge in [-0.3, -0.25) is 0 Å². The zero-order valence-corrected chi connectivity index (χ0v) is 8.55. The van der Waals surface area contributed by atoms with E-state index in [0.29, 0.717) is 5.69 Å². The predicted octanol–water partition coefficient (Wildman–Crippen LogP) is 1.80. The highest BCUT2D eigenvalue weighted by Crippen LogP contribution is 2.10. The molecule has 16 heavy (non-hydrogen) atoms. The maximum absolute atomic E-state index is 13.0. The molecule has 0 bridgehead atoms. The van der Waals surface area contributed by atoms with E-state index in [1.54, 1.807) is 16.7 Å². The van der Waals surface area contributed by atoms with Gasteiger partial charge in [0, 0.05) is 11.9 Å². The zero-order chi connectivity index (χ0) is 11.5. The van der Waals surface area contributed by atoms with Crippen LogP contribution < -0.4 is 0 Å². The van der Waals surface area contributed by atoms with E-state index in [9.17, 15) is 9.18 Å². The maximum atomic E-state index is 13.0. The Morgan fingerprint density at radius 1 is 1.50 bits per heavy atom. The van der Waals surface area contributed by atoms with Crippen LogP contribution in [0.4, 0.5) is 4.39 Å². The molecule has 0 atom stereocenters. The van der Waals surface area contributed by atoms with E-state index in [1.165, 1.54) is 31.8 Å². The van der Waals surface area contributed by atoms with Crippen molar-refractivity contribution in [2.24, 2.45) is 0 Å². The molecule has 0 aliphatic carbocycles. The molecule has 2 aromatic rings. The minimum absolute atomic E-state index is 0.187. The van der Waals surface area contributed by atoms with Crippen molar-refractivity contribution in [1.29, 1.82) is 0 Å². The molecule has 0 fully saturated rings. The van der Waals surface area contributed by atoms with Crippen molar-refractivity contribution in [2.75, 3.05) is 7.11 Å². The summed E-state index contributed by atoms with van der Waals surface area (Å²) in [6.45, 7) is 0. The molecular formula is C11H9FN2O2. The lowest BCUT2D eigenvalue weighted by atomic mass is 10.3. The summed E-state index contributed by atoms with van der Waals surface area (Å²) in [6.07, 6.45) is 2.92. The van der Waals surface area contributed by atoms with Gasteiger partial charge >= 0.3 is 5.97 Å². The molecule has 0 spiro atoms. The lowest BCUT2D eigenvalue weighted by Crippen LogP contribution is -2.01. The molecule has 1 aromatic heterocycles. The van der Waals surface area contributed by atoms with Crippen LogP contribution in [0.2, 0.25) is 0 Å². The van der Waals surface area contributed by atoms with Crippen molar-refractivity contribution in [1.82, 2.24) is 9.55 Å². The molecular weight excluding hydrogens is 211 g/mol. The molecule has 0 aliphatic rings. The number of halogens is 1. The van der Waals surface area contributed by atoms with E-state index in [0.717, 1.165) is 0 Å². The molecule has 4 nitrogen and oxygen atoms in total. The number of nitrogens with zero attached hydrogens (tertiary/aromatic N) is 2. The van der Waals surface area contributed by atoms with Crippen LogP contribution in [-0.2, 0) is 4.74 Å². The van der Waals surface area contributed by atoms with Crippen LogP contribution in [0.1, 0.15) is 10.5 Å². The minimum Gasteiger partial charge on any atom is -0.464 e. The van der Waals surface area contributed by atoms with Crippen molar-refractivity contribution >= 4 is 5.97 Å². The van der Waals surface area contributed by atoms with E-state index < -0.39 is 5.97 Å². The Hall–Kier alpha value is -2.17. The van der Waals surface area contributed by atoms with Crippen molar-refractivity contribution in [2.45, 2.75) is 0 Å². The lowest BCUT2D eigenvalue weighted by Gasteiger charge is -2.00. The molecule has 0 radical (unpaired) electrons. The van der Waals surface area contributed by atoms with Crippen LogP contribution in [0, 0.1) is 5.82 Å². The highest BCUT2D eigenvalue weighted by atomic mass is 19.1. The standard InChI is InChI=1S/C11H9FN2O2/c1-16-11(15)10-6-14(7-13-10)9-4-2-3-8(12)5-9/h2-7H,1H3. The number of rotatable bonds is 2. The van der Waals surface area contributed by atoms with Gasteiger partial charge in [0.25, 0.3) is 0 Å². The highest BCUT2D eigenvalue weighted by molar-refractivity contribution is 5.86. The second-order valence-corrected chi connectivity index (χ2v) is 3.14. The number of aromatic nitrogens is 2. The van der Waals surface area contributed by atoms with E-state index >= 15 is 0 Å². The molecule has 1 aromatic carbocycles. The average Bonchev–Trinajstić information content (AvgIpc) is 2.77. The number of hydrogen-bond acceptors (Lipinski definition) is 3. The van der Waals surface area contributed by atoms with Crippen molar-refractivity contribution in [3.63, 3.8) is 0 Å². The second kappa shape index (κ2) is 4.14. The summed E-state index contributed by atoms with van der Waals surface area (Å²) >= 11 is 0. The summed E-state index contributed by atoms with van der Waals surface area (Å²) in [5, 5.41) is 0. The number of imidazole rings is 1. The first kappa shape index (κ1) is 10.4. The van der Waals surface area contributed by atoms with Gasteiger partial charge in [-0.15, -0.1) is 0 Å². The van der Waals surface area contributed by atoms with Crippen molar-refractivity contribution in [3.05, 3.63) is 48.3 Å². The largest absolute Gasteiger partial charge is 0.464 e. The fourth-order valence-electron chi connectivity index (χ4n) is 1.31. The summed E-state index contributed by atoms with van der Waals surface area (Å²) in [7, 11) is 1.28. The van der Waals surface area contributed by atoms with E-state index in [-0.39, 0.29) is 11.5 Å². The molecule has 5 heteroatoms. The molecule has 1 heterocycles. The smallest absolute Gasteiger partial charge is 0.358 e. The third-order valence-electron chi connectivity index (χ3n) is 2.08. The Labute approximate surface area is 91.3 Å². The van der Waals surface area contributed by atoms with Crippen LogP contribution >= 0.6 is 0 Å². The topological polar surface area (TPSA) is 44.1 Å². The van der Waals surface area contributed by atoms with Gasteiger partial charge in [-0.2, -0.15) is 0 Å². The van der Waals surface area contributed by atoms with Crippen LogP contribution in [0.3, 0.4) is 0 Å². The van der Waals surface area contributed by atoms with Gasteiger partial charge < -0.3 is 9.30 Å². The average molecular weight is 220 g/mol. The number of methoxy groups -OCH3 is 1. The summed E-state index contributed by atoms with van der Waals surface area (Å²) in [4.78, 5) is 15.0. The van der Waals surface area contributed by atoms with E-state index in [4.69, 9.17) is 0 Å². The van der Waals surface area contributed by atoms with Gasteiger partial charge in [0.2, 0.25) is 0 Å². The number of esters is 1. The lowest BCUT2D eigenvalue weighted by molar-refractivity contribution is 0.0594. The molecule has 0 unspecified atom stereocenters. The zero-order valence-electron chi connectivity index (χ0n) is 8.55. The molecule has 0 saturated carbocycles. The van der Waals surface area contributed by atoms with Crippen molar-refractivity contribution in [3.8, 4) is 5.69 Å². The number of hydrogen-bond donors (Lipinski definition) is 0. The van der Waals surface area contributed by atoms with E-state index in [2.05, 4.69) is 9.72 Å². The Balaban J connectivity index is 2.35. The first-order valence-corrected chi connectivity index (χ1v) is 4.59. The second-order valence-electron chi connectivity index (χ2n) is 3.14. The Morgan fingerprint density at radius 3 is 3.00 bits per heavy atom. The molecule has 0 N–H and O–H groups in total. The number of carbonyl (C=O) groups excluding carboxylic acids is 1. The summed E-state index contributed by atoms with van der Waals surface area (Å²) < 4.78 is 19.0. The van der Waals surface area contributed by atoms with Gasteiger partial charge in [0.05, 0.1) is 7.11 Å². The predicted molar refractivity (Wildman–Crippen MR) is 54.9 cm³/mol. The minimum atomic E-state index is -0.518. The molecule has 0 saturated heterocycles. The van der Waals surface area contributed by atoms with Crippen LogP contribution in [-0.4, -0.2) is 22.6 Å². The van der Waals surface area contributed by atoms with Gasteiger partial charge in [0.15, 0.2) is 5.69 Å². The van der Waals surface area contributed by atoms with Gasteiger partial charge in [0.1, 0.15) is 12.1 Å². The van der Waals surface area contributed by atoms with Gasteiger partial charge in [-0.25, -0.2) is 14.2 Å². The third kappa shape index (κ3) is 1.93. The number of benzene rings is 1. The Morgan fingerprint density at radius 2 is 2.31 bits per heavy atom. The summed E-state index contributed by atoms with van der Waals surface area (Å²) in [5.74, 6) is -0.860. The molecule has 2 rings (SSSR count). The maximum Gasteiger partial charge on any atom is 0.358 e. The SMILES string of the molecule is COC(=O)c1cn(-c2cccc(F)c2)cn1. The summed E-state index contributed by atoms with van der Waals surface area (Å²) in [5.41, 5.74) is 0.786. The van der Waals surface area contributed by atoms with Gasteiger partial charge in [-0.05, 0) is 18.2 Å². The third-order valence-corrected chi connectivity index (χ3v) is 2.08. The molecule has 0 amide bonds. The quantitative estimate of drug-likeness (QED) is 0.725. The number of ether oxygens (including phenoxy) is 1. The monoisotopic (exact) mass is 220 g/mol. The highest BCUT2D eigenvalue weighted by Gasteiger charge is 2.09. The van der Waals surface area contributed by atoms with E-state index in [1.807, 2.05) is 0 Å². The first-order chi connectivity index (χ1) is 7.70. The van der Waals surface area contributed by atoms with Gasteiger partial charge in [-0.1, -0.05) is 6.07 Å². The fourth-order valence-corrected chi connectivity index (χ4v) is 1.31. The van der Waals surface area contributed by atoms with Crippen LogP contribution in [0.15, 0.2) is 36.8 Å². The number of carbonyl (C=O) groups is 1. The fraction of sp³-hybridized carbons (Fsp3) is 0.0909. The normalized spacial score (nSPS) is 10.1. The molecule has 0 aliphatic heterocycles. The van der Waals surface area contributed by atoms with Crippen molar-refractivity contribution < 1.29 is 13.9 Å². The summed E-state index contributed by atoms with van der Waals surface area (Å²) in [6, 6.07) is 6.00. The van der Waals surface area contributed by atoms with Crippen LogP contribution in [0.25, 0.3) is 5.69 Å². The Kier molecular flexibility index (Phi) is 2.68. The Bertz CT molecular complexity index is 522. The first-order valence-electron chi connectivity index (χ1n) is 4.59. The van der Waals surface area contributed by atoms with Crippen LogP contribution in [0.5, 0.6) is 0 Å². The molecule has 82 valence electrons.